The third-order valence-corrected chi connectivity index (χ3v) is 4.80. The zero-order valence-corrected chi connectivity index (χ0v) is 12.6. The van der Waals surface area contributed by atoms with Crippen molar-refractivity contribution in [2.24, 2.45) is 0 Å². The van der Waals surface area contributed by atoms with E-state index < -0.39 is 4.92 Å². The second-order valence-corrected chi connectivity index (χ2v) is 6.49. The van der Waals surface area contributed by atoms with Gasteiger partial charge in [-0.2, -0.15) is 0 Å². The molecular weight excluding hydrogens is 324 g/mol. The molecule has 2 aromatic rings. The maximum atomic E-state index is 11.5. The molecule has 2 heterocycles. The summed E-state index contributed by atoms with van der Waals surface area (Å²) >= 11 is 2.31. The Bertz CT molecular complexity index is 809. The summed E-state index contributed by atoms with van der Waals surface area (Å²) in [5.41, 5.74) is 0.903. The summed E-state index contributed by atoms with van der Waals surface area (Å²) in [6.45, 7) is 0. The number of hydrogen-bond donors (Lipinski definition) is 1. The Labute approximate surface area is 133 Å². The average molecular weight is 332 g/mol. The van der Waals surface area contributed by atoms with Crippen LogP contribution in [0.25, 0.3) is 16.5 Å². The number of nitrogens with zero attached hydrogens (tertiary/aromatic N) is 1. The molecule has 110 valence electrons. The summed E-state index contributed by atoms with van der Waals surface area (Å²) in [6, 6.07) is 9.98. The first-order valence-corrected chi connectivity index (χ1v) is 7.76. The van der Waals surface area contributed by atoms with Gasteiger partial charge in [-0.05, 0) is 47.7 Å². The molecule has 1 saturated heterocycles. The lowest BCUT2D eigenvalue weighted by molar-refractivity contribution is -0.384. The van der Waals surface area contributed by atoms with Gasteiger partial charge in [0.05, 0.1) is 9.83 Å². The van der Waals surface area contributed by atoms with E-state index in [1.807, 2.05) is 12.1 Å². The molecule has 3 rings (SSSR count). The van der Waals surface area contributed by atoms with E-state index >= 15 is 0 Å². The number of hydrogen-bond acceptors (Lipinski definition) is 6. The Balaban J connectivity index is 1.85. The lowest BCUT2D eigenvalue weighted by Gasteiger charge is -1.96. The first-order chi connectivity index (χ1) is 10.5. The highest BCUT2D eigenvalue weighted by atomic mass is 32.2. The summed E-state index contributed by atoms with van der Waals surface area (Å²) in [5, 5.41) is 12.5. The number of non-ortho nitro benzene ring substituents is 1. The molecule has 0 unspecified atom stereocenters. The van der Waals surface area contributed by atoms with Crippen molar-refractivity contribution in [3.05, 3.63) is 56.3 Å². The Morgan fingerprint density at radius 2 is 1.82 bits per heavy atom. The topological polar surface area (TPSA) is 89.3 Å². The van der Waals surface area contributed by atoms with Gasteiger partial charge >= 0.3 is 0 Å². The minimum absolute atomic E-state index is 0.0418. The lowest BCUT2D eigenvalue weighted by atomic mass is 10.2. The largest absolute Gasteiger partial charge is 0.290 e. The van der Waals surface area contributed by atoms with E-state index in [0.717, 1.165) is 27.1 Å². The van der Waals surface area contributed by atoms with Gasteiger partial charge in [-0.3, -0.25) is 25.0 Å². The Morgan fingerprint density at radius 3 is 2.41 bits per heavy atom. The van der Waals surface area contributed by atoms with Gasteiger partial charge in [0.2, 0.25) is 0 Å². The van der Waals surface area contributed by atoms with Gasteiger partial charge in [0.1, 0.15) is 0 Å². The number of nitro groups is 1. The van der Waals surface area contributed by atoms with Crippen molar-refractivity contribution in [2.45, 2.75) is 0 Å². The van der Waals surface area contributed by atoms with E-state index in [1.165, 1.54) is 23.5 Å². The zero-order valence-electron chi connectivity index (χ0n) is 10.9. The van der Waals surface area contributed by atoms with Crippen LogP contribution in [0.1, 0.15) is 4.88 Å². The molecule has 1 aromatic heterocycles. The van der Waals surface area contributed by atoms with Gasteiger partial charge in [0.15, 0.2) is 0 Å². The minimum atomic E-state index is -0.443. The molecule has 8 heteroatoms. The van der Waals surface area contributed by atoms with Crippen LogP contribution < -0.4 is 5.32 Å². The Hall–Kier alpha value is -2.45. The molecule has 1 N–H and O–H groups in total. The summed E-state index contributed by atoms with van der Waals surface area (Å²) in [7, 11) is 0. The number of imide groups is 1. The molecule has 1 fully saturated rings. The molecule has 0 radical (unpaired) electrons. The number of benzene rings is 1. The van der Waals surface area contributed by atoms with Gasteiger partial charge in [0, 0.05) is 21.9 Å². The van der Waals surface area contributed by atoms with Crippen LogP contribution in [-0.2, 0) is 4.79 Å². The number of amides is 2. The second-order valence-electron chi connectivity index (χ2n) is 4.36. The molecule has 0 aliphatic carbocycles. The monoisotopic (exact) mass is 332 g/mol. The van der Waals surface area contributed by atoms with Crippen molar-refractivity contribution < 1.29 is 14.5 Å². The molecule has 22 heavy (non-hydrogen) atoms. The quantitative estimate of drug-likeness (QED) is 0.526. The number of thiophene rings is 1. The number of nitro benzene ring substituents is 1. The normalized spacial score (nSPS) is 16.1. The maximum Gasteiger partial charge on any atom is 0.290 e. The second kappa shape index (κ2) is 5.74. The van der Waals surface area contributed by atoms with Crippen LogP contribution in [0.3, 0.4) is 0 Å². The van der Waals surface area contributed by atoms with E-state index in [2.05, 4.69) is 5.32 Å². The first kappa shape index (κ1) is 14.5. The molecule has 0 saturated carbocycles. The Morgan fingerprint density at radius 1 is 1.09 bits per heavy atom. The molecule has 0 atom stereocenters. The van der Waals surface area contributed by atoms with Crippen molar-refractivity contribution in [3.63, 3.8) is 0 Å². The zero-order chi connectivity index (χ0) is 15.7. The number of nitrogens with one attached hydrogen (secondary N) is 1. The van der Waals surface area contributed by atoms with Crippen LogP contribution >= 0.6 is 23.1 Å². The fraction of sp³-hybridized carbons (Fsp3) is 0. The fourth-order valence-corrected chi connectivity index (χ4v) is 3.59. The van der Waals surface area contributed by atoms with Crippen LogP contribution in [0.5, 0.6) is 0 Å². The van der Waals surface area contributed by atoms with Crippen molar-refractivity contribution in [1.82, 2.24) is 5.32 Å². The third-order valence-electron chi connectivity index (χ3n) is 2.90. The van der Waals surface area contributed by atoms with Gasteiger partial charge < -0.3 is 0 Å². The maximum absolute atomic E-state index is 11.5. The van der Waals surface area contributed by atoms with Crippen LogP contribution in [0, 0.1) is 10.1 Å². The minimum Gasteiger partial charge on any atom is -0.282 e. The summed E-state index contributed by atoms with van der Waals surface area (Å²) in [4.78, 5) is 34.9. The van der Waals surface area contributed by atoms with Crippen LogP contribution in [0.4, 0.5) is 10.5 Å². The van der Waals surface area contributed by atoms with Gasteiger partial charge in [-0.25, -0.2) is 0 Å². The average Bonchev–Trinajstić information content (AvgIpc) is 3.06. The summed E-state index contributed by atoms with van der Waals surface area (Å²) in [6.07, 6.45) is 1.66. The third kappa shape index (κ3) is 2.92. The van der Waals surface area contributed by atoms with Crippen molar-refractivity contribution in [3.8, 4) is 10.4 Å². The van der Waals surface area contributed by atoms with Crippen molar-refractivity contribution in [1.29, 1.82) is 0 Å². The molecule has 6 nitrogen and oxygen atoms in total. The number of rotatable bonds is 3. The highest BCUT2D eigenvalue weighted by Gasteiger charge is 2.25. The van der Waals surface area contributed by atoms with E-state index in [9.17, 15) is 19.7 Å². The predicted molar refractivity (Wildman–Crippen MR) is 85.5 cm³/mol. The molecular formula is C14H8N2O4S2. The van der Waals surface area contributed by atoms with Crippen molar-refractivity contribution >= 4 is 46.0 Å². The fourth-order valence-electron chi connectivity index (χ4n) is 1.88. The predicted octanol–water partition coefficient (Wildman–Crippen LogP) is 3.65. The smallest absolute Gasteiger partial charge is 0.282 e. The Kier molecular flexibility index (Phi) is 3.78. The highest BCUT2D eigenvalue weighted by Crippen LogP contribution is 2.33. The molecule has 0 bridgehead atoms. The van der Waals surface area contributed by atoms with E-state index in [1.54, 1.807) is 18.2 Å². The van der Waals surface area contributed by atoms with Gasteiger partial charge in [-0.15, -0.1) is 11.3 Å². The molecule has 1 aliphatic heterocycles. The van der Waals surface area contributed by atoms with Crippen LogP contribution in [0.15, 0.2) is 41.3 Å². The lowest BCUT2D eigenvalue weighted by Crippen LogP contribution is -2.17. The van der Waals surface area contributed by atoms with E-state index in [0.29, 0.717) is 4.91 Å². The summed E-state index contributed by atoms with van der Waals surface area (Å²) in [5.74, 6) is -0.389. The molecule has 0 spiro atoms. The van der Waals surface area contributed by atoms with E-state index in [4.69, 9.17) is 0 Å². The SMILES string of the molecule is O=C1NC(=O)/C(=C/c2ccc(-c3ccc([N+](=O)[O-])cc3)s2)S1. The van der Waals surface area contributed by atoms with Crippen LogP contribution in [-0.4, -0.2) is 16.1 Å². The molecule has 1 aliphatic rings. The van der Waals surface area contributed by atoms with E-state index in [-0.39, 0.29) is 16.8 Å². The molecule has 1 aromatic carbocycles. The highest BCUT2D eigenvalue weighted by molar-refractivity contribution is 8.18. The van der Waals surface area contributed by atoms with Gasteiger partial charge in [-0.1, -0.05) is 0 Å². The first-order valence-electron chi connectivity index (χ1n) is 6.12. The van der Waals surface area contributed by atoms with Gasteiger partial charge in [0.25, 0.3) is 16.8 Å². The number of thioether (sulfide) groups is 1. The summed E-state index contributed by atoms with van der Waals surface area (Å²) < 4.78 is 0. The standard InChI is InChI=1S/C14H8N2O4S2/c17-13-12(22-14(18)15-13)7-10-5-6-11(21-10)8-1-3-9(4-2-8)16(19)20/h1-7H,(H,15,17,18)/b12-7-. The molecule has 2 amide bonds. The van der Waals surface area contributed by atoms with Crippen LogP contribution in [0.2, 0.25) is 0 Å². The van der Waals surface area contributed by atoms with Crippen molar-refractivity contribution in [2.75, 3.05) is 0 Å². The number of carbonyl (C=O) groups excluding carboxylic acids is 2. The number of carbonyl (C=O) groups is 2.